The standard InChI is InChI=1S/C6H13NO4/c1-2-4(8)3(7)5(9)6(10)11-2/h2-6,8-10H,7H2,1H3/t2-,3-,4-,5+,6+/m1/s1. The predicted molar refractivity (Wildman–Crippen MR) is 36.5 cm³/mol. The molecular weight excluding hydrogens is 150 g/mol. The molecular formula is C6H13NO4. The van der Waals surface area contributed by atoms with Gasteiger partial charge in [0.05, 0.1) is 18.2 Å². The van der Waals surface area contributed by atoms with E-state index in [1.807, 2.05) is 0 Å². The number of aliphatic hydroxyl groups excluding tert-OH is 3. The van der Waals surface area contributed by atoms with Gasteiger partial charge in [0, 0.05) is 0 Å². The second kappa shape index (κ2) is 3.04. The molecule has 0 aromatic rings. The highest BCUT2D eigenvalue weighted by Crippen LogP contribution is 2.17. The van der Waals surface area contributed by atoms with Crippen LogP contribution in [0.3, 0.4) is 0 Å². The zero-order valence-electron chi connectivity index (χ0n) is 6.21. The second-order valence-corrected chi connectivity index (χ2v) is 2.79. The molecule has 5 N–H and O–H groups in total. The van der Waals surface area contributed by atoms with E-state index in [0.29, 0.717) is 0 Å². The Balaban J connectivity index is 2.63. The molecule has 0 unspecified atom stereocenters. The van der Waals surface area contributed by atoms with Gasteiger partial charge in [-0.25, -0.2) is 0 Å². The first-order chi connectivity index (χ1) is 5.04. The van der Waals surface area contributed by atoms with Gasteiger partial charge in [0.15, 0.2) is 6.29 Å². The van der Waals surface area contributed by atoms with Crippen LogP contribution < -0.4 is 5.73 Å². The van der Waals surface area contributed by atoms with E-state index < -0.39 is 30.6 Å². The van der Waals surface area contributed by atoms with Crippen LogP contribution in [0.1, 0.15) is 6.92 Å². The van der Waals surface area contributed by atoms with Gasteiger partial charge in [-0.2, -0.15) is 0 Å². The molecule has 0 aromatic heterocycles. The van der Waals surface area contributed by atoms with Crippen molar-refractivity contribution in [1.29, 1.82) is 0 Å². The predicted octanol–water partition coefficient (Wildman–Crippen LogP) is -2.23. The number of hydrogen-bond donors (Lipinski definition) is 4. The lowest BCUT2D eigenvalue weighted by Crippen LogP contribution is -2.60. The third-order valence-electron chi connectivity index (χ3n) is 1.92. The SMILES string of the molecule is C[C@H]1O[C@H](O)[C@@H](O)[C@H](N)[C@@H]1O. The first-order valence-electron chi connectivity index (χ1n) is 3.49. The van der Waals surface area contributed by atoms with Crippen molar-refractivity contribution in [3.8, 4) is 0 Å². The van der Waals surface area contributed by atoms with Crippen LogP contribution >= 0.6 is 0 Å². The van der Waals surface area contributed by atoms with E-state index >= 15 is 0 Å². The Bertz CT molecular complexity index is 129. The van der Waals surface area contributed by atoms with Crippen LogP contribution in [0.2, 0.25) is 0 Å². The van der Waals surface area contributed by atoms with Crippen molar-refractivity contribution < 1.29 is 20.1 Å². The van der Waals surface area contributed by atoms with Crippen LogP contribution in [0.25, 0.3) is 0 Å². The van der Waals surface area contributed by atoms with Gasteiger partial charge in [0.2, 0.25) is 0 Å². The molecule has 0 saturated carbocycles. The highest BCUT2D eigenvalue weighted by atomic mass is 16.6. The summed E-state index contributed by atoms with van der Waals surface area (Å²) < 4.78 is 4.76. The maximum absolute atomic E-state index is 9.21. The lowest BCUT2D eigenvalue weighted by Gasteiger charge is -2.37. The third-order valence-corrected chi connectivity index (χ3v) is 1.92. The van der Waals surface area contributed by atoms with Crippen LogP contribution in [0.5, 0.6) is 0 Å². The van der Waals surface area contributed by atoms with Gasteiger partial charge in [0.1, 0.15) is 6.10 Å². The quantitative estimate of drug-likeness (QED) is 0.324. The largest absolute Gasteiger partial charge is 0.389 e. The van der Waals surface area contributed by atoms with Gasteiger partial charge in [0.25, 0.3) is 0 Å². The van der Waals surface area contributed by atoms with Crippen LogP contribution in [0, 0.1) is 0 Å². The van der Waals surface area contributed by atoms with Crippen molar-refractivity contribution in [2.75, 3.05) is 0 Å². The molecule has 1 rings (SSSR count). The average Bonchev–Trinajstić information content (AvgIpc) is 1.97. The average molecular weight is 163 g/mol. The fourth-order valence-electron chi connectivity index (χ4n) is 1.09. The van der Waals surface area contributed by atoms with Crippen LogP contribution in [-0.4, -0.2) is 46.0 Å². The van der Waals surface area contributed by atoms with E-state index in [4.69, 9.17) is 20.7 Å². The monoisotopic (exact) mass is 163 g/mol. The Morgan fingerprint density at radius 3 is 2.27 bits per heavy atom. The normalized spacial score (nSPS) is 52.6. The Morgan fingerprint density at radius 1 is 1.18 bits per heavy atom. The molecule has 11 heavy (non-hydrogen) atoms. The highest BCUT2D eigenvalue weighted by molar-refractivity contribution is 4.89. The van der Waals surface area contributed by atoms with Gasteiger partial charge >= 0.3 is 0 Å². The van der Waals surface area contributed by atoms with Crippen LogP contribution in [0.4, 0.5) is 0 Å². The molecule has 0 radical (unpaired) electrons. The lowest BCUT2D eigenvalue weighted by molar-refractivity contribution is -0.247. The van der Waals surface area contributed by atoms with E-state index in [9.17, 15) is 5.11 Å². The topological polar surface area (TPSA) is 95.9 Å². The zero-order chi connectivity index (χ0) is 8.59. The summed E-state index contributed by atoms with van der Waals surface area (Å²) >= 11 is 0. The van der Waals surface area contributed by atoms with Crippen LogP contribution in [0.15, 0.2) is 0 Å². The first-order valence-corrected chi connectivity index (χ1v) is 3.49. The Labute approximate surface area is 64.4 Å². The molecule has 0 aromatic carbocycles. The van der Waals surface area contributed by atoms with Gasteiger partial charge < -0.3 is 25.8 Å². The van der Waals surface area contributed by atoms with Gasteiger partial charge in [-0.1, -0.05) is 0 Å². The molecule has 0 spiro atoms. The van der Waals surface area contributed by atoms with Crippen LogP contribution in [-0.2, 0) is 4.74 Å². The van der Waals surface area contributed by atoms with E-state index in [0.717, 1.165) is 0 Å². The Hall–Kier alpha value is -0.200. The number of aliphatic hydroxyl groups is 3. The van der Waals surface area contributed by atoms with Gasteiger partial charge in [-0.3, -0.25) is 0 Å². The van der Waals surface area contributed by atoms with Crippen molar-refractivity contribution in [1.82, 2.24) is 0 Å². The minimum absolute atomic E-state index is 0.539. The molecule has 5 nitrogen and oxygen atoms in total. The van der Waals surface area contributed by atoms with Gasteiger partial charge in [-0.05, 0) is 6.92 Å². The summed E-state index contributed by atoms with van der Waals surface area (Å²) in [6, 6.07) is -0.839. The van der Waals surface area contributed by atoms with E-state index in [2.05, 4.69) is 0 Å². The molecule has 0 amide bonds. The minimum atomic E-state index is -1.29. The molecule has 1 saturated heterocycles. The van der Waals surface area contributed by atoms with Crippen molar-refractivity contribution >= 4 is 0 Å². The number of nitrogens with two attached hydrogens (primary N) is 1. The maximum Gasteiger partial charge on any atom is 0.182 e. The zero-order valence-corrected chi connectivity index (χ0v) is 6.21. The summed E-state index contributed by atoms with van der Waals surface area (Å²) in [5.74, 6) is 0. The summed E-state index contributed by atoms with van der Waals surface area (Å²) in [5.41, 5.74) is 5.36. The summed E-state index contributed by atoms with van der Waals surface area (Å²) in [5, 5.41) is 27.3. The molecule has 66 valence electrons. The summed E-state index contributed by atoms with van der Waals surface area (Å²) in [6.45, 7) is 1.58. The van der Waals surface area contributed by atoms with Gasteiger partial charge in [-0.15, -0.1) is 0 Å². The summed E-state index contributed by atoms with van der Waals surface area (Å²) in [4.78, 5) is 0. The third kappa shape index (κ3) is 1.52. The molecule has 0 aliphatic carbocycles. The molecule has 0 bridgehead atoms. The molecule has 1 aliphatic rings. The van der Waals surface area contributed by atoms with E-state index in [-0.39, 0.29) is 0 Å². The molecule has 1 fully saturated rings. The highest BCUT2D eigenvalue weighted by Gasteiger charge is 2.39. The molecule has 1 aliphatic heterocycles. The fourth-order valence-corrected chi connectivity index (χ4v) is 1.09. The van der Waals surface area contributed by atoms with E-state index in [1.54, 1.807) is 6.92 Å². The smallest absolute Gasteiger partial charge is 0.182 e. The minimum Gasteiger partial charge on any atom is -0.389 e. The van der Waals surface area contributed by atoms with Crippen molar-refractivity contribution in [2.24, 2.45) is 5.73 Å². The fraction of sp³-hybridized carbons (Fsp3) is 1.00. The second-order valence-electron chi connectivity index (χ2n) is 2.79. The number of rotatable bonds is 0. The Morgan fingerprint density at radius 2 is 1.73 bits per heavy atom. The molecule has 5 heteroatoms. The molecule has 5 atom stereocenters. The van der Waals surface area contributed by atoms with Crippen molar-refractivity contribution in [3.05, 3.63) is 0 Å². The summed E-state index contributed by atoms with van der Waals surface area (Å²) in [6.07, 6.45) is -3.96. The number of hydrogen-bond acceptors (Lipinski definition) is 5. The first kappa shape index (κ1) is 8.89. The van der Waals surface area contributed by atoms with E-state index in [1.165, 1.54) is 0 Å². The summed E-state index contributed by atoms with van der Waals surface area (Å²) in [7, 11) is 0. The molecule has 1 heterocycles. The maximum atomic E-state index is 9.21. The number of ether oxygens (including phenoxy) is 1. The Kier molecular flexibility index (Phi) is 2.46. The lowest BCUT2D eigenvalue weighted by atomic mass is 9.98. The van der Waals surface area contributed by atoms with Crippen molar-refractivity contribution in [3.63, 3.8) is 0 Å². The van der Waals surface area contributed by atoms with Crippen molar-refractivity contribution in [2.45, 2.75) is 37.6 Å².